The highest BCUT2D eigenvalue weighted by Crippen LogP contribution is 2.44. The molecule has 5 heteroatoms. The van der Waals surface area contributed by atoms with Crippen LogP contribution in [0, 0.1) is 11.2 Å². The molecule has 1 aromatic rings. The Hall–Kier alpha value is -1.62. The number of nitrogens with zero attached hydrogens (tertiary/aromatic N) is 1. The SMILES string of the molecule is CCNC(=NCC1(CCOC)CCC1)NCCc1cccc(F)c1. The Bertz CT molecular complexity index is 529. The van der Waals surface area contributed by atoms with E-state index in [0.29, 0.717) is 5.41 Å². The number of aliphatic imine (C=N–C) groups is 1. The number of hydrogen-bond donors (Lipinski definition) is 2. The van der Waals surface area contributed by atoms with Gasteiger partial charge in [-0.05, 0) is 55.7 Å². The highest BCUT2D eigenvalue weighted by molar-refractivity contribution is 5.79. The number of halogens is 1. The molecule has 0 unspecified atom stereocenters. The van der Waals surface area contributed by atoms with Crippen molar-refractivity contribution in [1.82, 2.24) is 10.6 Å². The molecule has 0 spiro atoms. The summed E-state index contributed by atoms with van der Waals surface area (Å²) >= 11 is 0. The Morgan fingerprint density at radius 2 is 2.17 bits per heavy atom. The zero-order valence-corrected chi connectivity index (χ0v) is 14.9. The van der Waals surface area contributed by atoms with Crippen LogP contribution in [-0.4, -0.2) is 39.3 Å². The van der Waals surface area contributed by atoms with E-state index in [1.54, 1.807) is 19.2 Å². The number of guanidine groups is 1. The van der Waals surface area contributed by atoms with E-state index in [1.165, 1.54) is 25.3 Å². The molecule has 1 aliphatic carbocycles. The highest BCUT2D eigenvalue weighted by atomic mass is 19.1. The molecule has 24 heavy (non-hydrogen) atoms. The number of hydrogen-bond acceptors (Lipinski definition) is 2. The van der Waals surface area contributed by atoms with Gasteiger partial charge in [-0.1, -0.05) is 18.6 Å². The van der Waals surface area contributed by atoms with Crippen LogP contribution in [0.1, 0.15) is 38.2 Å². The van der Waals surface area contributed by atoms with E-state index in [-0.39, 0.29) is 5.82 Å². The quantitative estimate of drug-likeness (QED) is 0.538. The van der Waals surface area contributed by atoms with Crippen molar-refractivity contribution in [1.29, 1.82) is 0 Å². The summed E-state index contributed by atoms with van der Waals surface area (Å²) < 4.78 is 18.4. The summed E-state index contributed by atoms with van der Waals surface area (Å²) in [6.07, 6.45) is 5.63. The molecule has 0 aliphatic heterocycles. The van der Waals surface area contributed by atoms with Crippen molar-refractivity contribution < 1.29 is 9.13 Å². The molecule has 1 aromatic carbocycles. The predicted octanol–water partition coefficient (Wildman–Crippen LogP) is 3.13. The van der Waals surface area contributed by atoms with Crippen molar-refractivity contribution in [2.45, 2.75) is 39.0 Å². The zero-order chi connectivity index (χ0) is 17.3. The van der Waals surface area contributed by atoms with Gasteiger partial charge in [0.05, 0.1) is 0 Å². The monoisotopic (exact) mass is 335 g/mol. The predicted molar refractivity (Wildman–Crippen MR) is 96.9 cm³/mol. The maximum absolute atomic E-state index is 13.2. The normalized spacial score (nSPS) is 16.5. The topological polar surface area (TPSA) is 45.7 Å². The number of methoxy groups -OCH3 is 1. The lowest BCUT2D eigenvalue weighted by Gasteiger charge is -2.40. The molecule has 1 aliphatic rings. The maximum Gasteiger partial charge on any atom is 0.191 e. The molecule has 0 aromatic heterocycles. The molecular weight excluding hydrogens is 305 g/mol. The molecule has 0 bridgehead atoms. The van der Waals surface area contributed by atoms with Crippen LogP contribution in [0.3, 0.4) is 0 Å². The van der Waals surface area contributed by atoms with E-state index >= 15 is 0 Å². The third kappa shape index (κ3) is 5.78. The smallest absolute Gasteiger partial charge is 0.191 e. The van der Waals surface area contributed by atoms with Crippen molar-refractivity contribution in [3.8, 4) is 0 Å². The van der Waals surface area contributed by atoms with Gasteiger partial charge >= 0.3 is 0 Å². The van der Waals surface area contributed by atoms with Crippen LogP contribution in [-0.2, 0) is 11.2 Å². The number of rotatable bonds is 9. The standard InChI is InChI=1S/C19H30FN3O/c1-3-21-18(22-12-8-16-6-4-7-17(20)14-16)23-15-19(9-5-10-19)11-13-24-2/h4,6-7,14H,3,5,8-13,15H2,1-2H3,(H2,21,22,23). The lowest BCUT2D eigenvalue weighted by Crippen LogP contribution is -2.41. The lowest BCUT2D eigenvalue weighted by atomic mass is 9.67. The second-order valence-corrected chi connectivity index (χ2v) is 6.60. The summed E-state index contributed by atoms with van der Waals surface area (Å²) in [5, 5.41) is 6.64. The van der Waals surface area contributed by atoms with Crippen LogP contribution in [0.5, 0.6) is 0 Å². The van der Waals surface area contributed by atoms with E-state index in [2.05, 4.69) is 17.6 Å². The first-order valence-electron chi connectivity index (χ1n) is 8.93. The van der Waals surface area contributed by atoms with Gasteiger partial charge in [0.25, 0.3) is 0 Å². The van der Waals surface area contributed by atoms with Crippen molar-refractivity contribution in [2.75, 3.05) is 33.4 Å². The van der Waals surface area contributed by atoms with E-state index in [4.69, 9.17) is 9.73 Å². The molecule has 0 radical (unpaired) electrons. The molecule has 2 N–H and O–H groups in total. The molecule has 0 saturated heterocycles. The fourth-order valence-electron chi connectivity index (χ4n) is 3.09. The third-order valence-corrected chi connectivity index (χ3v) is 4.76. The first-order chi connectivity index (χ1) is 11.7. The average Bonchev–Trinajstić information content (AvgIpc) is 2.53. The fourth-order valence-corrected chi connectivity index (χ4v) is 3.09. The summed E-state index contributed by atoms with van der Waals surface area (Å²) in [7, 11) is 1.76. The maximum atomic E-state index is 13.2. The molecule has 0 amide bonds. The van der Waals surface area contributed by atoms with Gasteiger partial charge in [0.1, 0.15) is 5.82 Å². The van der Waals surface area contributed by atoms with Gasteiger partial charge in [-0.15, -0.1) is 0 Å². The summed E-state index contributed by atoms with van der Waals surface area (Å²) in [6, 6.07) is 6.75. The van der Waals surface area contributed by atoms with Crippen LogP contribution in [0.2, 0.25) is 0 Å². The first kappa shape index (κ1) is 18.7. The van der Waals surface area contributed by atoms with Gasteiger partial charge in [-0.3, -0.25) is 4.99 Å². The van der Waals surface area contributed by atoms with Crippen molar-refractivity contribution in [3.63, 3.8) is 0 Å². The van der Waals surface area contributed by atoms with E-state index in [9.17, 15) is 4.39 Å². The summed E-state index contributed by atoms with van der Waals surface area (Å²) in [5.74, 6) is 0.663. The first-order valence-corrected chi connectivity index (χ1v) is 8.93. The molecule has 1 saturated carbocycles. The van der Waals surface area contributed by atoms with E-state index < -0.39 is 0 Å². The number of benzene rings is 1. The van der Waals surface area contributed by atoms with Crippen molar-refractivity contribution in [2.24, 2.45) is 10.4 Å². The third-order valence-electron chi connectivity index (χ3n) is 4.76. The number of nitrogens with one attached hydrogen (secondary N) is 2. The Morgan fingerprint density at radius 1 is 1.33 bits per heavy atom. The number of ether oxygens (including phenoxy) is 1. The minimum absolute atomic E-state index is 0.182. The Labute approximate surface area is 144 Å². The second kappa shape index (κ2) is 9.62. The summed E-state index contributed by atoms with van der Waals surface area (Å²) in [6.45, 7) is 5.27. The van der Waals surface area contributed by atoms with Gasteiger partial charge in [0, 0.05) is 33.4 Å². The zero-order valence-electron chi connectivity index (χ0n) is 14.9. The van der Waals surface area contributed by atoms with Gasteiger partial charge in [-0.25, -0.2) is 4.39 Å². The summed E-state index contributed by atoms with van der Waals surface area (Å²) in [4.78, 5) is 4.77. The molecular formula is C19H30FN3O. The Balaban J connectivity index is 1.83. The minimum atomic E-state index is -0.182. The molecule has 2 rings (SSSR count). The Kier molecular flexibility index (Phi) is 7.50. The second-order valence-electron chi connectivity index (χ2n) is 6.60. The largest absolute Gasteiger partial charge is 0.385 e. The highest BCUT2D eigenvalue weighted by Gasteiger charge is 2.36. The van der Waals surface area contributed by atoms with Gasteiger partial charge in [-0.2, -0.15) is 0 Å². The summed E-state index contributed by atoms with van der Waals surface area (Å²) in [5.41, 5.74) is 1.31. The molecule has 134 valence electrons. The van der Waals surface area contributed by atoms with E-state index in [1.807, 2.05) is 6.07 Å². The molecule has 0 atom stereocenters. The fraction of sp³-hybridized carbons (Fsp3) is 0.632. The van der Waals surface area contributed by atoms with E-state index in [0.717, 1.165) is 50.6 Å². The lowest BCUT2D eigenvalue weighted by molar-refractivity contribution is 0.0778. The van der Waals surface area contributed by atoms with Gasteiger partial charge in [0.2, 0.25) is 0 Å². The van der Waals surface area contributed by atoms with Crippen LogP contribution < -0.4 is 10.6 Å². The van der Waals surface area contributed by atoms with Crippen LogP contribution in [0.25, 0.3) is 0 Å². The van der Waals surface area contributed by atoms with Crippen LogP contribution in [0.15, 0.2) is 29.3 Å². The minimum Gasteiger partial charge on any atom is -0.385 e. The molecule has 1 fully saturated rings. The van der Waals surface area contributed by atoms with Crippen LogP contribution >= 0.6 is 0 Å². The molecule has 4 nitrogen and oxygen atoms in total. The average molecular weight is 335 g/mol. The van der Waals surface area contributed by atoms with Gasteiger partial charge < -0.3 is 15.4 Å². The van der Waals surface area contributed by atoms with Gasteiger partial charge in [0.15, 0.2) is 5.96 Å². The molecule has 0 heterocycles. The van der Waals surface area contributed by atoms with Crippen LogP contribution in [0.4, 0.5) is 4.39 Å². The Morgan fingerprint density at radius 3 is 2.79 bits per heavy atom. The van der Waals surface area contributed by atoms with Crippen molar-refractivity contribution in [3.05, 3.63) is 35.6 Å². The van der Waals surface area contributed by atoms with Crippen molar-refractivity contribution >= 4 is 5.96 Å².